The van der Waals surface area contributed by atoms with Gasteiger partial charge in [-0.25, -0.2) is 0 Å². The smallest absolute Gasteiger partial charge is 0.117 e. The Morgan fingerprint density at radius 2 is 2.29 bits per heavy atom. The van der Waals surface area contributed by atoms with Crippen molar-refractivity contribution in [1.82, 2.24) is 9.88 Å². The van der Waals surface area contributed by atoms with E-state index in [9.17, 15) is 0 Å². The zero-order valence-corrected chi connectivity index (χ0v) is 14.1. The number of furan rings is 1. The van der Waals surface area contributed by atoms with E-state index in [1.54, 1.807) is 6.26 Å². The highest BCUT2D eigenvalue weighted by atomic mass is 16.5. The molecular weight excluding hydrogens is 304 g/mol. The van der Waals surface area contributed by atoms with Gasteiger partial charge in [-0.15, -0.1) is 0 Å². The Hall–Kier alpha value is -1.69. The first kappa shape index (κ1) is 15.8. The van der Waals surface area contributed by atoms with E-state index in [2.05, 4.69) is 22.9 Å². The third-order valence-electron chi connectivity index (χ3n) is 4.85. The van der Waals surface area contributed by atoms with Crippen LogP contribution in [0.15, 0.2) is 41.3 Å². The van der Waals surface area contributed by atoms with E-state index < -0.39 is 0 Å². The van der Waals surface area contributed by atoms with Crippen LogP contribution >= 0.6 is 0 Å². The second-order valence-electron chi connectivity index (χ2n) is 7.05. The van der Waals surface area contributed by atoms with Gasteiger partial charge >= 0.3 is 0 Å². The standard InChI is InChI=1S/C19H24N2O3/c1-15-7-16(10-20-9-15)12-23-17-4-6-24-19(8-17)13-21(14-19)11-18-3-2-5-22-18/h2-3,5,7,9-10,17H,4,6,8,11-14H2,1H3/t17-/m1/s1. The van der Waals surface area contributed by atoms with Crippen LogP contribution in [0.1, 0.15) is 29.7 Å². The molecule has 0 saturated carbocycles. The average molecular weight is 328 g/mol. The second-order valence-corrected chi connectivity index (χ2v) is 7.05. The van der Waals surface area contributed by atoms with Crippen LogP contribution in [0.4, 0.5) is 0 Å². The van der Waals surface area contributed by atoms with Crippen LogP contribution < -0.4 is 0 Å². The lowest BCUT2D eigenvalue weighted by atomic mass is 9.84. The summed E-state index contributed by atoms with van der Waals surface area (Å²) in [5.41, 5.74) is 2.29. The van der Waals surface area contributed by atoms with Crippen molar-refractivity contribution >= 4 is 0 Å². The molecule has 4 heterocycles. The number of aromatic nitrogens is 1. The Morgan fingerprint density at radius 3 is 3.08 bits per heavy atom. The van der Waals surface area contributed by atoms with E-state index in [1.807, 2.05) is 24.5 Å². The fourth-order valence-electron chi connectivity index (χ4n) is 3.76. The molecule has 2 aromatic heterocycles. The summed E-state index contributed by atoms with van der Waals surface area (Å²) in [6, 6.07) is 6.09. The quantitative estimate of drug-likeness (QED) is 0.844. The normalized spacial score (nSPS) is 23.3. The van der Waals surface area contributed by atoms with E-state index in [4.69, 9.17) is 13.9 Å². The first-order chi connectivity index (χ1) is 11.7. The molecular formula is C19H24N2O3. The zero-order valence-electron chi connectivity index (χ0n) is 14.1. The van der Waals surface area contributed by atoms with Gasteiger partial charge in [0.05, 0.1) is 31.1 Å². The molecule has 24 heavy (non-hydrogen) atoms. The number of rotatable bonds is 5. The molecule has 2 saturated heterocycles. The third-order valence-corrected chi connectivity index (χ3v) is 4.85. The maximum Gasteiger partial charge on any atom is 0.117 e. The molecule has 5 nitrogen and oxygen atoms in total. The Balaban J connectivity index is 1.27. The Labute approximate surface area is 142 Å². The molecule has 0 amide bonds. The number of ether oxygens (including phenoxy) is 2. The van der Waals surface area contributed by atoms with Crippen molar-refractivity contribution in [1.29, 1.82) is 0 Å². The van der Waals surface area contributed by atoms with Crippen LogP contribution in [-0.2, 0) is 22.6 Å². The SMILES string of the molecule is Cc1cncc(CO[C@@H]2CCOC3(C2)CN(Cc2ccco2)C3)c1. The summed E-state index contributed by atoms with van der Waals surface area (Å²) in [5, 5.41) is 0. The Bertz CT molecular complexity index is 665. The summed E-state index contributed by atoms with van der Waals surface area (Å²) in [6.45, 7) is 6.25. The molecule has 4 rings (SSSR count). The lowest BCUT2D eigenvalue weighted by Crippen LogP contribution is -2.65. The van der Waals surface area contributed by atoms with E-state index in [1.165, 1.54) is 5.56 Å². The van der Waals surface area contributed by atoms with Gasteiger partial charge in [-0.05, 0) is 36.6 Å². The monoisotopic (exact) mass is 328 g/mol. The minimum absolute atomic E-state index is 0.0274. The summed E-state index contributed by atoms with van der Waals surface area (Å²) in [7, 11) is 0. The Kier molecular flexibility index (Phi) is 4.39. The van der Waals surface area contributed by atoms with Crippen LogP contribution in [0, 0.1) is 6.92 Å². The maximum absolute atomic E-state index is 6.14. The summed E-state index contributed by atoms with van der Waals surface area (Å²) in [4.78, 5) is 6.60. The first-order valence-corrected chi connectivity index (χ1v) is 8.62. The maximum atomic E-state index is 6.14. The molecule has 2 aliphatic rings. The van der Waals surface area contributed by atoms with Crippen molar-refractivity contribution in [3.63, 3.8) is 0 Å². The van der Waals surface area contributed by atoms with Crippen LogP contribution in [-0.4, -0.2) is 41.3 Å². The number of nitrogens with zero attached hydrogens (tertiary/aromatic N) is 2. The van der Waals surface area contributed by atoms with Crippen molar-refractivity contribution in [2.45, 2.75) is 44.6 Å². The van der Waals surface area contributed by atoms with Crippen LogP contribution in [0.5, 0.6) is 0 Å². The number of hydrogen-bond donors (Lipinski definition) is 0. The largest absolute Gasteiger partial charge is 0.468 e. The van der Waals surface area contributed by atoms with Crippen LogP contribution in [0.25, 0.3) is 0 Å². The topological polar surface area (TPSA) is 47.7 Å². The number of hydrogen-bond acceptors (Lipinski definition) is 5. The van der Waals surface area contributed by atoms with Crippen molar-refractivity contribution in [2.75, 3.05) is 19.7 Å². The fraction of sp³-hybridized carbons (Fsp3) is 0.526. The van der Waals surface area contributed by atoms with Crippen molar-refractivity contribution < 1.29 is 13.9 Å². The molecule has 2 aromatic rings. The number of aryl methyl sites for hydroxylation is 1. The minimum atomic E-state index is -0.0274. The summed E-state index contributed by atoms with van der Waals surface area (Å²) >= 11 is 0. The molecule has 5 heteroatoms. The predicted molar refractivity (Wildman–Crippen MR) is 89.5 cm³/mol. The van der Waals surface area contributed by atoms with E-state index in [0.717, 1.165) is 50.4 Å². The molecule has 1 spiro atoms. The highest BCUT2D eigenvalue weighted by Gasteiger charge is 2.47. The van der Waals surface area contributed by atoms with Crippen molar-refractivity contribution in [2.24, 2.45) is 0 Å². The first-order valence-electron chi connectivity index (χ1n) is 8.62. The zero-order chi connectivity index (χ0) is 16.4. The number of pyridine rings is 1. The molecule has 128 valence electrons. The van der Waals surface area contributed by atoms with Gasteiger partial charge in [0, 0.05) is 38.5 Å². The van der Waals surface area contributed by atoms with Gasteiger partial charge < -0.3 is 13.9 Å². The van der Waals surface area contributed by atoms with E-state index in [0.29, 0.717) is 6.61 Å². The van der Waals surface area contributed by atoms with Gasteiger partial charge in [0.15, 0.2) is 0 Å². The van der Waals surface area contributed by atoms with Gasteiger partial charge in [0.1, 0.15) is 5.76 Å². The average Bonchev–Trinajstić information content (AvgIpc) is 3.05. The summed E-state index contributed by atoms with van der Waals surface area (Å²) in [6.07, 6.45) is 7.70. The van der Waals surface area contributed by atoms with Gasteiger partial charge in [0.25, 0.3) is 0 Å². The van der Waals surface area contributed by atoms with Crippen molar-refractivity contribution in [3.8, 4) is 0 Å². The molecule has 0 radical (unpaired) electrons. The molecule has 0 aliphatic carbocycles. The second kappa shape index (κ2) is 6.67. The summed E-state index contributed by atoms with van der Waals surface area (Å²) < 4.78 is 17.6. The highest BCUT2D eigenvalue weighted by molar-refractivity contribution is 5.15. The minimum Gasteiger partial charge on any atom is -0.468 e. The molecule has 2 fully saturated rings. The molecule has 1 atom stereocenters. The van der Waals surface area contributed by atoms with Gasteiger partial charge in [-0.3, -0.25) is 9.88 Å². The van der Waals surface area contributed by atoms with Gasteiger partial charge in [0.2, 0.25) is 0 Å². The van der Waals surface area contributed by atoms with E-state index in [-0.39, 0.29) is 11.7 Å². The highest BCUT2D eigenvalue weighted by Crippen LogP contribution is 2.36. The number of likely N-dealkylation sites (tertiary alicyclic amines) is 1. The lowest BCUT2D eigenvalue weighted by molar-refractivity contribution is -0.201. The van der Waals surface area contributed by atoms with Gasteiger partial charge in [-0.1, -0.05) is 6.07 Å². The third kappa shape index (κ3) is 3.53. The van der Waals surface area contributed by atoms with E-state index >= 15 is 0 Å². The Morgan fingerprint density at radius 1 is 1.38 bits per heavy atom. The van der Waals surface area contributed by atoms with Crippen molar-refractivity contribution in [3.05, 3.63) is 53.7 Å². The van der Waals surface area contributed by atoms with Gasteiger partial charge in [-0.2, -0.15) is 0 Å². The summed E-state index contributed by atoms with van der Waals surface area (Å²) in [5.74, 6) is 1.01. The lowest BCUT2D eigenvalue weighted by Gasteiger charge is -2.53. The van der Waals surface area contributed by atoms with Crippen LogP contribution in [0.3, 0.4) is 0 Å². The fourth-order valence-corrected chi connectivity index (χ4v) is 3.76. The molecule has 0 bridgehead atoms. The molecule has 2 aliphatic heterocycles. The molecule has 0 aromatic carbocycles. The predicted octanol–water partition coefficient (Wildman–Crippen LogP) is 2.93. The molecule has 0 unspecified atom stereocenters. The molecule has 0 N–H and O–H groups in total. The van der Waals surface area contributed by atoms with Crippen LogP contribution in [0.2, 0.25) is 0 Å².